The molecule has 0 aliphatic heterocycles. The van der Waals surface area contributed by atoms with Crippen LogP contribution >= 0.6 is 0 Å². The number of sulfonamides is 1. The van der Waals surface area contributed by atoms with Crippen molar-refractivity contribution in [1.29, 1.82) is 0 Å². The van der Waals surface area contributed by atoms with Crippen molar-refractivity contribution in [3.05, 3.63) is 0 Å². The van der Waals surface area contributed by atoms with E-state index in [4.69, 9.17) is 5.73 Å². The molecule has 0 spiro atoms. The molecule has 1 fully saturated rings. The summed E-state index contributed by atoms with van der Waals surface area (Å²) in [5.41, 5.74) is 5.53. The SMILES string of the molecule is CCC(CN)S(=O)(=O)N(C)C1CCCCC1. The van der Waals surface area contributed by atoms with Gasteiger partial charge in [-0.15, -0.1) is 0 Å². The molecule has 1 rings (SSSR count). The van der Waals surface area contributed by atoms with Gasteiger partial charge in [0.15, 0.2) is 0 Å². The Balaban J connectivity index is 2.73. The summed E-state index contributed by atoms with van der Waals surface area (Å²) in [5.74, 6) is 0. The molecule has 0 amide bonds. The van der Waals surface area contributed by atoms with Gasteiger partial charge >= 0.3 is 0 Å². The maximum atomic E-state index is 12.2. The summed E-state index contributed by atoms with van der Waals surface area (Å²) in [6, 6.07) is 0.194. The lowest BCUT2D eigenvalue weighted by Crippen LogP contribution is -2.45. The molecule has 1 atom stereocenters. The molecule has 4 nitrogen and oxygen atoms in total. The lowest BCUT2D eigenvalue weighted by atomic mass is 9.96. The normalized spacial score (nSPS) is 21.2. The minimum atomic E-state index is -3.19. The van der Waals surface area contributed by atoms with Gasteiger partial charge in [-0.1, -0.05) is 26.2 Å². The second-order valence-electron chi connectivity index (χ2n) is 4.62. The third-order valence-electron chi connectivity index (χ3n) is 3.63. The number of nitrogens with zero attached hydrogens (tertiary/aromatic N) is 1. The fraction of sp³-hybridized carbons (Fsp3) is 1.00. The zero-order chi connectivity index (χ0) is 12.2. The average Bonchev–Trinajstić information content (AvgIpc) is 2.30. The maximum absolute atomic E-state index is 12.2. The summed E-state index contributed by atoms with van der Waals surface area (Å²) >= 11 is 0. The Kier molecular flexibility index (Phi) is 5.21. The van der Waals surface area contributed by atoms with Gasteiger partial charge in [0.1, 0.15) is 0 Å². The third-order valence-corrected chi connectivity index (χ3v) is 6.10. The molecule has 0 aromatic carbocycles. The molecule has 2 N–H and O–H groups in total. The summed E-state index contributed by atoms with van der Waals surface area (Å²) in [6.45, 7) is 2.10. The van der Waals surface area contributed by atoms with Crippen LogP contribution in [0.4, 0.5) is 0 Å². The largest absolute Gasteiger partial charge is 0.329 e. The summed E-state index contributed by atoms with van der Waals surface area (Å²) in [4.78, 5) is 0. The highest BCUT2D eigenvalue weighted by atomic mass is 32.2. The standard InChI is InChI=1S/C11H24N2O2S/c1-3-11(9-12)16(14,15)13(2)10-7-5-4-6-8-10/h10-11H,3-9,12H2,1-2H3. The Labute approximate surface area is 99.2 Å². The lowest BCUT2D eigenvalue weighted by Gasteiger charge is -2.32. The predicted octanol–water partition coefficient (Wildman–Crippen LogP) is 1.32. The maximum Gasteiger partial charge on any atom is 0.218 e. The van der Waals surface area contributed by atoms with E-state index in [0.717, 1.165) is 25.7 Å². The Morgan fingerprint density at radius 3 is 2.31 bits per heavy atom. The highest BCUT2D eigenvalue weighted by Crippen LogP contribution is 2.25. The summed E-state index contributed by atoms with van der Waals surface area (Å²) in [5, 5.41) is -0.417. The molecule has 1 saturated carbocycles. The predicted molar refractivity (Wildman–Crippen MR) is 66.7 cm³/mol. The molecule has 0 bridgehead atoms. The number of hydrogen-bond donors (Lipinski definition) is 1. The number of hydrogen-bond acceptors (Lipinski definition) is 3. The molecular weight excluding hydrogens is 224 g/mol. The first-order chi connectivity index (χ1) is 7.54. The van der Waals surface area contributed by atoms with E-state index in [2.05, 4.69) is 0 Å². The van der Waals surface area contributed by atoms with Gasteiger partial charge in [0, 0.05) is 19.6 Å². The molecule has 0 aromatic heterocycles. The van der Waals surface area contributed by atoms with Gasteiger partial charge in [0.2, 0.25) is 10.0 Å². The van der Waals surface area contributed by atoms with E-state index in [-0.39, 0.29) is 12.6 Å². The molecule has 0 heterocycles. The van der Waals surface area contributed by atoms with Crippen LogP contribution in [0.1, 0.15) is 45.4 Å². The van der Waals surface area contributed by atoms with E-state index in [0.29, 0.717) is 6.42 Å². The Morgan fingerprint density at radius 2 is 1.88 bits per heavy atom. The van der Waals surface area contributed by atoms with Crippen LogP contribution in [0, 0.1) is 0 Å². The van der Waals surface area contributed by atoms with Gasteiger partial charge in [-0.05, 0) is 19.3 Å². The van der Waals surface area contributed by atoms with Crippen molar-refractivity contribution in [3.63, 3.8) is 0 Å². The van der Waals surface area contributed by atoms with Crippen LogP contribution in [-0.4, -0.2) is 37.6 Å². The lowest BCUT2D eigenvalue weighted by molar-refractivity contribution is 0.283. The highest BCUT2D eigenvalue weighted by molar-refractivity contribution is 7.89. The first-order valence-corrected chi connectivity index (χ1v) is 7.71. The van der Waals surface area contributed by atoms with Crippen LogP contribution in [0.5, 0.6) is 0 Å². The Bertz CT molecular complexity index is 293. The molecule has 96 valence electrons. The molecule has 1 unspecified atom stereocenters. The van der Waals surface area contributed by atoms with Crippen LogP contribution in [0.25, 0.3) is 0 Å². The van der Waals surface area contributed by atoms with Gasteiger partial charge in [-0.25, -0.2) is 12.7 Å². The van der Waals surface area contributed by atoms with Gasteiger partial charge in [0.05, 0.1) is 5.25 Å². The smallest absolute Gasteiger partial charge is 0.218 e. The zero-order valence-corrected chi connectivity index (χ0v) is 11.2. The van der Waals surface area contributed by atoms with E-state index >= 15 is 0 Å². The van der Waals surface area contributed by atoms with Crippen molar-refractivity contribution < 1.29 is 8.42 Å². The van der Waals surface area contributed by atoms with Crippen molar-refractivity contribution in [2.45, 2.75) is 56.7 Å². The minimum Gasteiger partial charge on any atom is -0.329 e. The summed E-state index contributed by atoms with van der Waals surface area (Å²) in [7, 11) is -1.48. The summed E-state index contributed by atoms with van der Waals surface area (Å²) < 4.78 is 26.1. The number of nitrogens with two attached hydrogens (primary N) is 1. The topological polar surface area (TPSA) is 63.4 Å². The van der Waals surface area contributed by atoms with Gasteiger partial charge < -0.3 is 5.73 Å². The van der Waals surface area contributed by atoms with Crippen LogP contribution in [0.15, 0.2) is 0 Å². The molecule has 1 aliphatic carbocycles. The van der Waals surface area contributed by atoms with Crippen LogP contribution in [-0.2, 0) is 10.0 Å². The minimum absolute atomic E-state index is 0.194. The van der Waals surface area contributed by atoms with Crippen LogP contribution in [0.2, 0.25) is 0 Å². The second-order valence-corrected chi connectivity index (χ2v) is 6.89. The fourth-order valence-corrected chi connectivity index (χ4v) is 4.15. The highest BCUT2D eigenvalue weighted by Gasteiger charge is 2.32. The first kappa shape index (κ1) is 13.9. The van der Waals surface area contributed by atoms with E-state index in [1.165, 1.54) is 6.42 Å². The van der Waals surface area contributed by atoms with Crippen LogP contribution in [0.3, 0.4) is 0 Å². The van der Waals surface area contributed by atoms with Crippen molar-refractivity contribution >= 4 is 10.0 Å². The molecular formula is C11H24N2O2S. The number of rotatable bonds is 5. The Hall–Kier alpha value is -0.130. The first-order valence-electron chi connectivity index (χ1n) is 6.21. The van der Waals surface area contributed by atoms with E-state index in [1.54, 1.807) is 11.4 Å². The average molecular weight is 248 g/mol. The van der Waals surface area contributed by atoms with Gasteiger partial charge in [-0.3, -0.25) is 0 Å². The fourth-order valence-electron chi connectivity index (χ4n) is 2.39. The van der Waals surface area contributed by atoms with Crippen molar-refractivity contribution in [2.75, 3.05) is 13.6 Å². The second kappa shape index (κ2) is 5.98. The van der Waals surface area contributed by atoms with Crippen LogP contribution < -0.4 is 5.73 Å². The molecule has 1 aliphatic rings. The Morgan fingerprint density at radius 1 is 1.31 bits per heavy atom. The molecule has 0 saturated heterocycles. The molecule has 0 radical (unpaired) electrons. The molecule has 0 aromatic rings. The molecule has 5 heteroatoms. The van der Waals surface area contributed by atoms with Gasteiger partial charge in [0.25, 0.3) is 0 Å². The third kappa shape index (κ3) is 2.96. The van der Waals surface area contributed by atoms with Crippen molar-refractivity contribution in [3.8, 4) is 0 Å². The zero-order valence-electron chi connectivity index (χ0n) is 10.4. The summed E-state index contributed by atoms with van der Waals surface area (Å²) in [6.07, 6.45) is 6.11. The van der Waals surface area contributed by atoms with E-state index in [9.17, 15) is 8.42 Å². The van der Waals surface area contributed by atoms with Gasteiger partial charge in [-0.2, -0.15) is 0 Å². The van der Waals surface area contributed by atoms with Crippen molar-refractivity contribution in [1.82, 2.24) is 4.31 Å². The quantitative estimate of drug-likeness (QED) is 0.798. The molecule has 16 heavy (non-hydrogen) atoms. The van der Waals surface area contributed by atoms with E-state index in [1.807, 2.05) is 6.92 Å². The monoisotopic (exact) mass is 248 g/mol. The van der Waals surface area contributed by atoms with E-state index < -0.39 is 15.3 Å². The van der Waals surface area contributed by atoms with Crippen molar-refractivity contribution in [2.24, 2.45) is 5.73 Å².